The lowest BCUT2D eigenvalue weighted by molar-refractivity contribution is 0.0689. The second-order valence-electron chi connectivity index (χ2n) is 4.68. The largest absolute Gasteiger partial charge is 0.392 e. The van der Waals surface area contributed by atoms with E-state index in [1.807, 2.05) is 0 Å². The predicted molar refractivity (Wildman–Crippen MR) is 57.3 cm³/mol. The molecule has 2 rings (SSSR count). The smallest absolute Gasteiger partial charge is 0.0667 e. The fraction of sp³-hybridized carbons (Fsp3) is 1.00. The summed E-state index contributed by atoms with van der Waals surface area (Å²) in [5.74, 6) is 0. The van der Waals surface area contributed by atoms with Gasteiger partial charge in [-0.05, 0) is 51.7 Å². The normalized spacial score (nSPS) is 34.9. The molecule has 3 nitrogen and oxygen atoms in total. The highest BCUT2D eigenvalue weighted by molar-refractivity contribution is 4.77. The Balaban J connectivity index is 1.64. The summed E-state index contributed by atoms with van der Waals surface area (Å²) >= 11 is 0. The van der Waals surface area contributed by atoms with Crippen molar-refractivity contribution >= 4 is 0 Å². The molecule has 3 heteroatoms. The van der Waals surface area contributed by atoms with E-state index >= 15 is 0 Å². The number of likely N-dealkylation sites (tertiary alicyclic amines) is 1. The van der Waals surface area contributed by atoms with Crippen LogP contribution in [-0.2, 0) is 0 Å². The molecule has 0 saturated carbocycles. The molecule has 2 heterocycles. The Labute approximate surface area is 86.5 Å². The molecule has 2 aliphatic rings. The number of hydrogen-bond donors (Lipinski definition) is 2. The third-order valence-electron chi connectivity index (χ3n) is 3.44. The minimum Gasteiger partial charge on any atom is -0.392 e. The Hall–Kier alpha value is -0.120. The number of β-amino-alcohol motifs (C(OH)–C–C–N with tert-alkyl or cyclic N) is 1. The number of nitrogens with zero attached hydrogens (tertiary/aromatic N) is 1. The van der Waals surface area contributed by atoms with Gasteiger partial charge in [-0.25, -0.2) is 0 Å². The third kappa shape index (κ3) is 2.94. The summed E-state index contributed by atoms with van der Waals surface area (Å²) in [5.41, 5.74) is 0. The van der Waals surface area contributed by atoms with Gasteiger partial charge in [0, 0.05) is 12.6 Å². The van der Waals surface area contributed by atoms with E-state index < -0.39 is 0 Å². The van der Waals surface area contributed by atoms with Crippen LogP contribution < -0.4 is 5.32 Å². The molecule has 0 bridgehead atoms. The van der Waals surface area contributed by atoms with Crippen molar-refractivity contribution in [2.24, 2.45) is 0 Å². The monoisotopic (exact) mass is 198 g/mol. The first-order chi connectivity index (χ1) is 6.84. The molecule has 2 saturated heterocycles. The van der Waals surface area contributed by atoms with Gasteiger partial charge in [0.25, 0.3) is 0 Å². The van der Waals surface area contributed by atoms with Crippen molar-refractivity contribution in [3.05, 3.63) is 0 Å². The second-order valence-corrected chi connectivity index (χ2v) is 4.68. The highest BCUT2D eigenvalue weighted by Gasteiger charge is 2.19. The van der Waals surface area contributed by atoms with Crippen molar-refractivity contribution in [3.8, 4) is 0 Å². The van der Waals surface area contributed by atoms with E-state index in [9.17, 15) is 5.11 Å². The van der Waals surface area contributed by atoms with Crippen molar-refractivity contribution in [1.29, 1.82) is 0 Å². The SMILES string of the molecule is OC1CCCN(CCC2CCCN2)C1. The molecule has 0 radical (unpaired) electrons. The Bertz CT molecular complexity index is 169. The molecule has 2 aliphatic heterocycles. The predicted octanol–water partition coefficient (Wildman–Crippen LogP) is 0.585. The molecule has 14 heavy (non-hydrogen) atoms. The number of aliphatic hydroxyl groups is 1. The highest BCUT2D eigenvalue weighted by Crippen LogP contribution is 2.13. The van der Waals surface area contributed by atoms with Crippen molar-refractivity contribution in [2.45, 2.75) is 44.2 Å². The molecule has 0 spiro atoms. The van der Waals surface area contributed by atoms with E-state index in [-0.39, 0.29) is 6.10 Å². The summed E-state index contributed by atoms with van der Waals surface area (Å²) in [5, 5.41) is 13.0. The molecule has 0 amide bonds. The summed E-state index contributed by atoms with van der Waals surface area (Å²) in [6.07, 6.45) is 6.04. The summed E-state index contributed by atoms with van der Waals surface area (Å²) in [6.45, 7) is 4.44. The lowest BCUT2D eigenvalue weighted by atomic mass is 10.1. The number of rotatable bonds is 3. The first-order valence-corrected chi connectivity index (χ1v) is 5.98. The van der Waals surface area contributed by atoms with Crippen LogP contribution in [0.15, 0.2) is 0 Å². The van der Waals surface area contributed by atoms with E-state index in [1.165, 1.54) is 38.8 Å². The maximum absolute atomic E-state index is 9.51. The average molecular weight is 198 g/mol. The molecular weight excluding hydrogens is 176 g/mol. The molecule has 2 atom stereocenters. The van der Waals surface area contributed by atoms with Crippen LogP contribution in [0.1, 0.15) is 32.1 Å². The Morgan fingerprint density at radius 2 is 2.21 bits per heavy atom. The van der Waals surface area contributed by atoms with E-state index in [2.05, 4.69) is 10.2 Å². The molecule has 82 valence electrons. The van der Waals surface area contributed by atoms with Gasteiger partial charge in [0.15, 0.2) is 0 Å². The van der Waals surface area contributed by atoms with Gasteiger partial charge in [-0.15, -0.1) is 0 Å². The van der Waals surface area contributed by atoms with Crippen LogP contribution in [0.4, 0.5) is 0 Å². The van der Waals surface area contributed by atoms with Crippen molar-refractivity contribution < 1.29 is 5.11 Å². The van der Waals surface area contributed by atoms with Gasteiger partial charge in [0.1, 0.15) is 0 Å². The maximum Gasteiger partial charge on any atom is 0.0667 e. The van der Waals surface area contributed by atoms with Crippen molar-refractivity contribution in [1.82, 2.24) is 10.2 Å². The zero-order valence-corrected chi connectivity index (χ0v) is 8.91. The topological polar surface area (TPSA) is 35.5 Å². The molecule has 0 aromatic rings. The van der Waals surface area contributed by atoms with Crippen LogP contribution in [0.2, 0.25) is 0 Å². The van der Waals surface area contributed by atoms with Crippen LogP contribution in [0.25, 0.3) is 0 Å². The lowest BCUT2D eigenvalue weighted by Gasteiger charge is -2.30. The van der Waals surface area contributed by atoms with Gasteiger partial charge in [0.2, 0.25) is 0 Å². The van der Waals surface area contributed by atoms with Gasteiger partial charge in [-0.1, -0.05) is 0 Å². The first kappa shape index (κ1) is 10.4. The van der Waals surface area contributed by atoms with Crippen LogP contribution in [0.5, 0.6) is 0 Å². The minimum absolute atomic E-state index is 0.0692. The summed E-state index contributed by atoms with van der Waals surface area (Å²) in [7, 11) is 0. The number of nitrogens with one attached hydrogen (secondary N) is 1. The van der Waals surface area contributed by atoms with E-state index in [1.54, 1.807) is 0 Å². The van der Waals surface area contributed by atoms with Gasteiger partial charge >= 0.3 is 0 Å². The quantitative estimate of drug-likeness (QED) is 0.696. The zero-order valence-electron chi connectivity index (χ0n) is 8.91. The maximum atomic E-state index is 9.51. The lowest BCUT2D eigenvalue weighted by Crippen LogP contribution is -2.40. The second kappa shape index (κ2) is 5.10. The molecule has 0 aliphatic carbocycles. The minimum atomic E-state index is -0.0692. The Morgan fingerprint density at radius 3 is 2.93 bits per heavy atom. The molecule has 0 aromatic carbocycles. The standard InChI is InChI=1S/C11H22N2O/c14-11-4-2-7-13(9-11)8-5-10-3-1-6-12-10/h10-12,14H,1-9H2. The van der Waals surface area contributed by atoms with Crippen LogP contribution >= 0.6 is 0 Å². The number of piperidine rings is 1. The van der Waals surface area contributed by atoms with Crippen LogP contribution in [0, 0.1) is 0 Å². The number of aliphatic hydroxyl groups excluding tert-OH is 1. The summed E-state index contributed by atoms with van der Waals surface area (Å²) < 4.78 is 0. The van der Waals surface area contributed by atoms with E-state index in [0.29, 0.717) is 0 Å². The Kier molecular flexibility index (Phi) is 3.79. The Morgan fingerprint density at radius 1 is 1.29 bits per heavy atom. The molecule has 2 unspecified atom stereocenters. The van der Waals surface area contributed by atoms with Crippen LogP contribution in [0.3, 0.4) is 0 Å². The van der Waals surface area contributed by atoms with Crippen molar-refractivity contribution in [3.63, 3.8) is 0 Å². The van der Waals surface area contributed by atoms with Crippen molar-refractivity contribution in [2.75, 3.05) is 26.2 Å². The molecule has 2 fully saturated rings. The van der Waals surface area contributed by atoms with Gasteiger partial charge in [-0.3, -0.25) is 0 Å². The average Bonchev–Trinajstić information content (AvgIpc) is 2.67. The highest BCUT2D eigenvalue weighted by atomic mass is 16.3. The van der Waals surface area contributed by atoms with E-state index in [0.717, 1.165) is 25.6 Å². The molecule has 2 N–H and O–H groups in total. The summed E-state index contributed by atoms with van der Waals surface area (Å²) in [4.78, 5) is 2.41. The third-order valence-corrected chi connectivity index (χ3v) is 3.44. The molecule has 0 aromatic heterocycles. The van der Waals surface area contributed by atoms with Gasteiger partial charge < -0.3 is 15.3 Å². The molecular formula is C11H22N2O. The fourth-order valence-corrected chi connectivity index (χ4v) is 2.58. The van der Waals surface area contributed by atoms with E-state index in [4.69, 9.17) is 0 Å². The van der Waals surface area contributed by atoms with Crippen LogP contribution in [-0.4, -0.2) is 48.3 Å². The zero-order chi connectivity index (χ0) is 9.80. The van der Waals surface area contributed by atoms with Gasteiger partial charge in [-0.2, -0.15) is 0 Å². The fourth-order valence-electron chi connectivity index (χ4n) is 2.58. The first-order valence-electron chi connectivity index (χ1n) is 5.98. The summed E-state index contributed by atoms with van der Waals surface area (Å²) in [6, 6.07) is 0.745. The van der Waals surface area contributed by atoms with Gasteiger partial charge in [0.05, 0.1) is 6.10 Å². The number of hydrogen-bond acceptors (Lipinski definition) is 3.